The molecule has 1 saturated carbocycles. The Balaban J connectivity index is 1.57. The zero-order valence-corrected chi connectivity index (χ0v) is 20.4. The SMILES string of the molecule is O=C(NCC(=O)N(CCc1ccccc1)[C@@H](C(=O)NC1CCCC1)c1cccnc1)c1cccs1. The summed E-state index contributed by atoms with van der Waals surface area (Å²) >= 11 is 1.32. The molecule has 35 heavy (non-hydrogen) atoms. The van der Waals surface area contributed by atoms with E-state index in [9.17, 15) is 14.4 Å². The third-order valence-electron chi connectivity index (χ3n) is 6.21. The average Bonchev–Trinajstić information content (AvgIpc) is 3.61. The van der Waals surface area contributed by atoms with Gasteiger partial charge in [0.25, 0.3) is 5.91 Å². The lowest BCUT2D eigenvalue weighted by atomic mass is 10.0. The summed E-state index contributed by atoms with van der Waals surface area (Å²) in [6.07, 6.45) is 7.93. The molecule has 0 radical (unpaired) electrons. The molecule has 1 aliphatic carbocycles. The van der Waals surface area contributed by atoms with Crippen LogP contribution in [0, 0.1) is 0 Å². The van der Waals surface area contributed by atoms with Crippen LogP contribution in [0.1, 0.15) is 52.5 Å². The van der Waals surface area contributed by atoms with Crippen molar-refractivity contribution in [1.82, 2.24) is 20.5 Å². The van der Waals surface area contributed by atoms with Crippen molar-refractivity contribution in [1.29, 1.82) is 0 Å². The Labute approximate surface area is 209 Å². The van der Waals surface area contributed by atoms with E-state index >= 15 is 0 Å². The number of amides is 3. The Morgan fingerprint density at radius 2 is 1.83 bits per heavy atom. The van der Waals surface area contributed by atoms with Crippen molar-refractivity contribution in [3.8, 4) is 0 Å². The first-order valence-corrected chi connectivity index (χ1v) is 12.8. The molecule has 0 saturated heterocycles. The first kappa shape index (κ1) is 24.6. The quantitative estimate of drug-likeness (QED) is 0.453. The van der Waals surface area contributed by atoms with Crippen LogP contribution >= 0.6 is 11.3 Å². The average molecular weight is 491 g/mol. The highest BCUT2D eigenvalue weighted by molar-refractivity contribution is 7.12. The molecule has 1 fully saturated rings. The van der Waals surface area contributed by atoms with Gasteiger partial charge in [0.15, 0.2) is 0 Å². The van der Waals surface area contributed by atoms with Gasteiger partial charge in [-0.2, -0.15) is 0 Å². The summed E-state index contributed by atoms with van der Waals surface area (Å²) in [4.78, 5) is 45.8. The van der Waals surface area contributed by atoms with Crippen LogP contribution < -0.4 is 10.6 Å². The molecule has 7 nitrogen and oxygen atoms in total. The van der Waals surface area contributed by atoms with Gasteiger partial charge in [-0.15, -0.1) is 11.3 Å². The van der Waals surface area contributed by atoms with Gasteiger partial charge in [-0.3, -0.25) is 19.4 Å². The lowest BCUT2D eigenvalue weighted by molar-refractivity contribution is -0.140. The van der Waals surface area contributed by atoms with Gasteiger partial charge in [-0.1, -0.05) is 55.3 Å². The molecule has 3 amide bonds. The number of nitrogens with zero attached hydrogens (tertiary/aromatic N) is 2. The van der Waals surface area contributed by atoms with E-state index in [-0.39, 0.29) is 30.3 Å². The van der Waals surface area contributed by atoms with Crippen molar-refractivity contribution in [2.24, 2.45) is 0 Å². The second-order valence-electron chi connectivity index (χ2n) is 8.66. The maximum absolute atomic E-state index is 13.6. The Kier molecular flexibility index (Phi) is 8.62. The zero-order chi connectivity index (χ0) is 24.5. The van der Waals surface area contributed by atoms with Gasteiger partial charge in [0.2, 0.25) is 11.8 Å². The fraction of sp³-hybridized carbons (Fsp3) is 0.333. The first-order chi connectivity index (χ1) is 17.1. The minimum absolute atomic E-state index is 0.117. The molecule has 1 aliphatic rings. The maximum atomic E-state index is 13.6. The molecule has 0 spiro atoms. The number of rotatable bonds is 10. The number of aromatic nitrogens is 1. The molecule has 0 bridgehead atoms. The van der Waals surface area contributed by atoms with Crippen molar-refractivity contribution in [3.05, 3.63) is 88.4 Å². The maximum Gasteiger partial charge on any atom is 0.261 e. The fourth-order valence-electron chi connectivity index (χ4n) is 4.41. The van der Waals surface area contributed by atoms with Crippen LogP contribution in [0.2, 0.25) is 0 Å². The minimum Gasteiger partial charge on any atom is -0.351 e. The topological polar surface area (TPSA) is 91.4 Å². The van der Waals surface area contributed by atoms with Gasteiger partial charge in [0, 0.05) is 30.5 Å². The molecular formula is C27H30N4O3S. The smallest absolute Gasteiger partial charge is 0.261 e. The number of carbonyl (C=O) groups is 3. The van der Waals surface area contributed by atoms with Gasteiger partial charge in [-0.05, 0) is 42.3 Å². The third-order valence-corrected chi connectivity index (χ3v) is 7.08. The van der Waals surface area contributed by atoms with Crippen LogP contribution in [-0.2, 0) is 16.0 Å². The predicted molar refractivity (Wildman–Crippen MR) is 136 cm³/mol. The molecular weight excluding hydrogens is 460 g/mol. The summed E-state index contributed by atoms with van der Waals surface area (Å²) in [7, 11) is 0. The molecule has 4 rings (SSSR count). The Bertz CT molecular complexity index is 1100. The number of pyridine rings is 1. The first-order valence-electron chi connectivity index (χ1n) is 12.0. The lowest BCUT2D eigenvalue weighted by Crippen LogP contribution is -2.49. The highest BCUT2D eigenvalue weighted by Gasteiger charge is 2.33. The predicted octanol–water partition coefficient (Wildman–Crippen LogP) is 3.74. The van der Waals surface area contributed by atoms with Crippen molar-refractivity contribution in [3.63, 3.8) is 0 Å². The highest BCUT2D eigenvalue weighted by atomic mass is 32.1. The monoisotopic (exact) mass is 490 g/mol. The molecule has 0 aliphatic heterocycles. The number of hydrogen-bond donors (Lipinski definition) is 2. The second kappa shape index (κ2) is 12.3. The van der Waals surface area contributed by atoms with Crippen LogP contribution in [0.5, 0.6) is 0 Å². The summed E-state index contributed by atoms with van der Waals surface area (Å²) in [6, 6.07) is 16.2. The van der Waals surface area contributed by atoms with Crippen molar-refractivity contribution < 1.29 is 14.4 Å². The minimum atomic E-state index is -0.834. The van der Waals surface area contributed by atoms with E-state index in [0.717, 1.165) is 31.2 Å². The summed E-state index contributed by atoms with van der Waals surface area (Å²) in [6.45, 7) is 0.133. The van der Waals surface area contributed by atoms with Crippen LogP contribution in [0.15, 0.2) is 72.4 Å². The normalized spacial score (nSPS) is 14.3. The molecule has 1 aromatic carbocycles. The lowest BCUT2D eigenvalue weighted by Gasteiger charge is -2.32. The van der Waals surface area contributed by atoms with Crippen LogP contribution in [0.25, 0.3) is 0 Å². The number of thiophene rings is 1. The van der Waals surface area contributed by atoms with Gasteiger partial charge in [0.05, 0.1) is 11.4 Å². The van der Waals surface area contributed by atoms with Crippen molar-refractivity contribution >= 4 is 29.1 Å². The highest BCUT2D eigenvalue weighted by Crippen LogP contribution is 2.24. The number of nitrogens with one attached hydrogen (secondary N) is 2. The van der Waals surface area contributed by atoms with Crippen LogP contribution in [-0.4, -0.2) is 46.7 Å². The molecule has 2 N–H and O–H groups in total. The summed E-state index contributed by atoms with van der Waals surface area (Å²) in [5, 5.41) is 7.68. The van der Waals surface area contributed by atoms with Crippen molar-refractivity contribution in [2.75, 3.05) is 13.1 Å². The molecule has 182 valence electrons. The zero-order valence-electron chi connectivity index (χ0n) is 19.6. The fourth-order valence-corrected chi connectivity index (χ4v) is 5.05. The van der Waals surface area contributed by atoms with Gasteiger partial charge >= 0.3 is 0 Å². The Hall–Kier alpha value is -3.52. The van der Waals surface area contributed by atoms with E-state index in [1.54, 1.807) is 35.5 Å². The molecule has 0 unspecified atom stereocenters. The third kappa shape index (κ3) is 6.76. The summed E-state index contributed by atoms with van der Waals surface area (Å²) in [5.41, 5.74) is 1.71. The number of hydrogen-bond acceptors (Lipinski definition) is 5. The second-order valence-corrected chi connectivity index (χ2v) is 9.61. The standard InChI is InChI=1S/C27H30N4O3S/c32-24(19-29-26(33)23-13-7-17-35-23)31(16-14-20-8-2-1-3-9-20)25(21-10-6-15-28-18-21)27(34)30-22-11-4-5-12-22/h1-3,6-10,13,15,17-18,22,25H,4-5,11-12,14,16,19H2,(H,29,33)(H,30,34)/t25-/m1/s1. The summed E-state index contributed by atoms with van der Waals surface area (Å²) < 4.78 is 0. The Morgan fingerprint density at radius 3 is 2.51 bits per heavy atom. The van der Waals surface area contributed by atoms with E-state index in [2.05, 4.69) is 15.6 Å². The Morgan fingerprint density at radius 1 is 1.03 bits per heavy atom. The summed E-state index contributed by atoms with van der Waals surface area (Å²) in [5.74, 6) is -0.832. The van der Waals surface area contributed by atoms with E-state index < -0.39 is 6.04 Å². The molecule has 2 heterocycles. The van der Waals surface area contributed by atoms with E-state index in [0.29, 0.717) is 23.4 Å². The van der Waals surface area contributed by atoms with Gasteiger partial charge in [-0.25, -0.2) is 0 Å². The molecule has 1 atom stereocenters. The largest absolute Gasteiger partial charge is 0.351 e. The van der Waals surface area contributed by atoms with Gasteiger partial charge in [0.1, 0.15) is 6.04 Å². The number of carbonyl (C=O) groups excluding carboxylic acids is 3. The molecule has 2 aromatic heterocycles. The van der Waals surface area contributed by atoms with Crippen LogP contribution in [0.3, 0.4) is 0 Å². The molecule has 8 heteroatoms. The van der Waals surface area contributed by atoms with Crippen molar-refractivity contribution in [2.45, 2.75) is 44.2 Å². The number of benzene rings is 1. The van der Waals surface area contributed by atoms with E-state index in [1.807, 2.05) is 41.8 Å². The van der Waals surface area contributed by atoms with E-state index in [1.165, 1.54) is 11.3 Å². The van der Waals surface area contributed by atoms with Gasteiger partial charge < -0.3 is 15.5 Å². The molecule has 3 aromatic rings. The van der Waals surface area contributed by atoms with Crippen LogP contribution in [0.4, 0.5) is 0 Å². The van der Waals surface area contributed by atoms with E-state index in [4.69, 9.17) is 0 Å².